The summed E-state index contributed by atoms with van der Waals surface area (Å²) in [5.74, 6) is -1.61. The van der Waals surface area contributed by atoms with Gasteiger partial charge in [-0.2, -0.15) is 9.67 Å². The number of nitrogen functional groups attached to an aromatic ring is 1. The zero-order valence-electron chi connectivity index (χ0n) is 22.6. The molecule has 1 amide bonds. The maximum Gasteiger partial charge on any atom is 0.266 e. The minimum Gasteiger partial charge on any atom is -0.491 e. The van der Waals surface area contributed by atoms with Crippen molar-refractivity contribution in [1.29, 1.82) is 0 Å². The molecule has 0 fully saturated rings. The lowest BCUT2D eigenvalue weighted by molar-refractivity contribution is 0.0955. The van der Waals surface area contributed by atoms with E-state index in [0.29, 0.717) is 11.3 Å². The lowest BCUT2D eigenvalue weighted by atomic mass is 10.2. The second-order valence-corrected chi connectivity index (χ2v) is 8.92. The first-order valence-electron chi connectivity index (χ1n) is 12.7. The quantitative estimate of drug-likeness (QED) is 0.221. The Morgan fingerprint density at radius 1 is 1.09 bits per heavy atom. The van der Waals surface area contributed by atoms with Gasteiger partial charge in [0.05, 0.1) is 26.2 Å². The zero-order chi connectivity index (χ0) is 30.3. The number of aromatic nitrogens is 7. The fraction of sp³-hybridized carbons (Fsp3) is 0.107. The van der Waals surface area contributed by atoms with Gasteiger partial charge in [0, 0.05) is 18.4 Å². The number of nitrogens with two attached hydrogens (primary N) is 1. The first kappa shape index (κ1) is 28.5. The van der Waals surface area contributed by atoms with Crippen molar-refractivity contribution in [3.63, 3.8) is 0 Å². The normalized spacial score (nSPS) is 11.0. The molecule has 0 saturated heterocycles. The molecular formula is C28H24F2N10O3. The molecule has 4 N–H and O–H groups in total. The van der Waals surface area contributed by atoms with Gasteiger partial charge < -0.3 is 21.1 Å². The smallest absolute Gasteiger partial charge is 0.266 e. The number of ether oxygens (including phenoxy) is 1. The van der Waals surface area contributed by atoms with Crippen LogP contribution in [0.2, 0.25) is 0 Å². The third-order valence-corrected chi connectivity index (χ3v) is 5.97. The molecule has 0 unspecified atom stereocenters. The number of methoxy groups -OCH3 is 1. The molecule has 0 aliphatic heterocycles. The van der Waals surface area contributed by atoms with Crippen LogP contribution >= 0.6 is 0 Å². The number of benzene rings is 2. The Morgan fingerprint density at radius 2 is 1.91 bits per heavy atom. The van der Waals surface area contributed by atoms with E-state index in [0.717, 1.165) is 28.6 Å². The molecular weight excluding hydrogens is 562 g/mol. The van der Waals surface area contributed by atoms with Crippen LogP contribution in [0.15, 0.2) is 78.1 Å². The Labute approximate surface area is 242 Å². The van der Waals surface area contributed by atoms with Crippen molar-refractivity contribution in [3.8, 4) is 11.6 Å². The Kier molecular flexibility index (Phi) is 8.41. The second-order valence-electron chi connectivity index (χ2n) is 8.92. The molecule has 5 aromatic rings. The minimum atomic E-state index is -1.04. The average molecular weight is 587 g/mol. The number of halogens is 2. The van der Waals surface area contributed by atoms with Crippen molar-refractivity contribution in [1.82, 2.24) is 39.6 Å². The molecule has 0 aliphatic carbocycles. The van der Waals surface area contributed by atoms with Crippen LogP contribution in [0.25, 0.3) is 11.9 Å². The van der Waals surface area contributed by atoms with E-state index in [2.05, 4.69) is 35.7 Å². The largest absolute Gasteiger partial charge is 0.491 e. The molecule has 15 heteroatoms. The molecule has 0 saturated carbocycles. The van der Waals surface area contributed by atoms with Crippen LogP contribution in [0.1, 0.15) is 21.7 Å². The highest BCUT2D eigenvalue weighted by molar-refractivity contribution is 5.93. The van der Waals surface area contributed by atoms with Crippen molar-refractivity contribution in [2.45, 2.75) is 6.54 Å². The highest BCUT2D eigenvalue weighted by Gasteiger charge is 2.17. The summed E-state index contributed by atoms with van der Waals surface area (Å²) in [6.07, 6.45) is 6.90. The molecule has 0 atom stereocenters. The number of nitrogens with one attached hydrogen (secondary N) is 2. The van der Waals surface area contributed by atoms with Crippen LogP contribution in [0.5, 0.6) is 5.75 Å². The molecule has 0 aliphatic rings. The number of hydrogen-bond donors (Lipinski definition) is 3. The van der Waals surface area contributed by atoms with E-state index in [1.165, 1.54) is 30.4 Å². The Hall–Kier alpha value is -5.99. The van der Waals surface area contributed by atoms with Crippen LogP contribution < -0.4 is 26.7 Å². The number of hydrogen-bond acceptors (Lipinski definition) is 10. The summed E-state index contributed by atoms with van der Waals surface area (Å²) in [4.78, 5) is 42.3. The van der Waals surface area contributed by atoms with Gasteiger partial charge in [0.25, 0.3) is 11.5 Å². The summed E-state index contributed by atoms with van der Waals surface area (Å²) in [5, 5.41) is 10.0. The van der Waals surface area contributed by atoms with E-state index in [4.69, 9.17) is 10.5 Å². The van der Waals surface area contributed by atoms with Crippen molar-refractivity contribution < 1.29 is 18.3 Å². The standard InChI is InChI=1S/C28H24F2N10O3/c1-43-22-14-34-23(36-24(22)40-27(31)37-28(38-40)35-18-6-3-2-4-7-18)8-5-11-33-25(41)19-13-32-16-39(26(19)42)15-17-9-10-20(29)21(30)12-17/h2-10,12-14,16H,11,15H2,1H3,(H,33,41)(H3,31,35,37,38)/b8-5+. The van der Waals surface area contributed by atoms with Gasteiger partial charge in [-0.15, -0.1) is 5.10 Å². The van der Waals surface area contributed by atoms with Crippen LogP contribution in [-0.4, -0.2) is 53.8 Å². The summed E-state index contributed by atoms with van der Waals surface area (Å²) in [5.41, 5.74) is 6.33. The highest BCUT2D eigenvalue weighted by atomic mass is 19.2. The summed E-state index contributed by atoms with van der Waals surface area (Å²) >= 11 is 0. The molecule has 3 heterocycles. The number of para-hydroxylation sites is 1. The molecule has 2 aromatic carbocycles. The third kappa shape index (κ3) is 6.67. The maximum absolute atomic E-state index is 13.5. The molecule has 5 rings (SSSR count). The SMILES string of the molecule is COc1cnc(/C=C/CNC(=O)c2cncn(Cc3ccc(F)c(F)c3)c2=O)nc1-n1nc(Nc2ccccc2)nc1N. The zero-order valence-corrected chi connectivity index (χ0v) is 22.6. The van der Waals surface area contributed by atoms with Crippen molar-refractivity contribution >= 4 is 29.6 Å². The molecule has 3 aromatic heterocycles. The maximum atomic E-state index is 13.5. The van der Waals surface area contributed by atoms with Crippen LogP contribution in [0.3, 0.4) is 0 Å². The van der Waals surface area contributed by atoms with Gasteiger partial charge in [0.15, 0.2) is 23.2 Å². The van der Waals surface area contributed by atoms with E-state index >= 15 is 0 Å². The summed E-state index contributed by atoms with van der Waals surface area (Å²) in [7, 11) is 1.45. The third-order valence-electron chi connectivity index (χ3n) is 5.97. The molecule has 218 valence electrons. The van der Waals surface area contributed by atoms with Crippen molar-refractivity contribution in [2.24, 2.45) is 0 Å². The topological polar surface area (TPSA) is 168 Å². The first-order chi connectivity index (χ1) is 20.8. The Balaban J connectivity index is 1.26. The number of amides is 1. The van der Waals surface area contributed by atoms with Crippen LogP contribution in [-0.2, 0) is 6.54 Å². The predicted octanol–water partition coefficient (Wildman–Crippen LogP) is 2.72. The van der Waals surface area contributed by atoms with Gasteiger partial charge in [-0.1, -0.05) is 30.3 Å². The molecule has 0 radical (unpaired) electrons. The van der Waals surface area contributed by atoms with Gasteiger partial charge in [0.2, 0.25) is 17.7 Å². The molecule has 43 heavy (non-hydrogen) atoms. The average Bonchev–Trinajstić information content (AvgIpc) is 3.37. The van der Waals surface area contributed by atoms with Gasteiger partial charge in [-0.25, -0.2) is 23.7 Å². The number of rotatable bonds is 10. The number of anilines is 3. The monoisotopic (exact) mass is 586 g/mol. The molecule has 0 bridgehead atoms. The lowest BCUT2D eigenvalue weighted by Gasteiger charge is -2.08. The second kappa shape index (κ2) is 12.7. The lowest BCUT2D eigenvalue weighted by Crippen LogP contribution is -2.33. The van der Waals surface area contributed by atoms with Crippen LogP contribution in [0.4, 0.5) is 26.4 Å². The minimum absolute atomic E-state index is 0.0255. The fourth-order valence-corrected chi connectivity index (χ4v) is 3.90. The summed E-state index contributed by atoms with van der Waals surface area (Å²) in [6, 6.07) is 12.6. The predicted molar refractivity (Wildman–Crippen MR) is 153 cm³/mol. The summed E-state index contributed by atoms with van der Waals surface area (Å²) < 4.78 is 34.6. The summed E-state index contributed by atoms with van der Waals surface area (Å²) in [6.45, 7) is -0.0705. The fourth-order valence-electron chi connectivity index (χ4n) is 3.90. The van der Waals surface area contributed by atoms with Gasteiger partial charge >= 0.3 is 0 Å². The van der Waals surface area contributed by atoms with E-state index in [1.807, 2.05) is 30.3 Å². The van der Waals surface area contributed by atoms with E-state index in [-0.39, 0.29) is 42.2 Å². The highest BCUT2D eigenvalue weighted by Crippen LogP contribution is 2.23. The van der Waals surface area contributed by atoms with Crippen molar-refractivity contribution in [2.75, 3.05) is 24.7 Å². The first-order valence-corrected chi connectivity index (χ1v) is 12.7. The number of carbonyl (C=O) groups excluding carboxylic acids is 1. The van der Waals surface area contributed by atoms with Crippen molar-refractivity contribution in [3.05, 3.63) is 112 Å². The number of carbonyl (C=O) groups is 1. The van der Waals surface area contributed by atoms with E-state index in [1.54, 1.807) is 12.2 Å². The Morgan fingerprint density at radius 3 is 2.67 bits per heavy atom. The Bertz CT molecular complexity index is 1860. The van der Waals surface area contributed by atoms with Crippen LogP contribution in [0, 0.1) is 11.6 Å². The van der Waals surface area contributed by atoms with E-state index < -0.39 is 23.1 Å². The van der Waals surface area contributed by atoms with Gasteiger partial charge in [-0.3, -0.25) is 14.2 Å². The molecule has 0 spiro atoms. The van der Waals surface area contributed by atoms with Gasteiger partial charge in [-0.05, 0) is 35.9 Å². The number of nitrogens with zero attached hydrogens (tertiary/aromatic N) is 7. The van der Waals surface area contributed by atoms with E-state index in [9.17, 15) is 18.4 Å². The molecule has 13 nitrogen and oxygen atoms in total. The van der Waals surface area contributed by atoms with Gasteiger partial charge in [0.1, 0.15) is 5.56 Å².